The number of aromatic nitrogens is 1. The van der Waals surface area contributed by atoms with Gasteiger partial charge in [-0.25, -0.2) is 9.59 Å². The molecule has 0 bridgehead atoms. The van der Waals surface area contributed by atoms with Gasteiger partial charge in [0.15, 0.2) is 0 Å². The fourth-order valence-corrected chi connectivity index (χ4v) is 2.78. The van der Waals surface area contributed by atoms with E-state index in [9.17, 15) is 9.59 Å². The Balaban J connectivity index is 1.43. The van der Waals surface area contributed by atoms with E-state index in [0.29, 0.717) is 18.8 Å². The van der Waals surface area contributed by atoms with Crippen LogP contribution in [0.15, 0.2) is 54.6 Å². The number of hydrogen-bond acceptors (Lipinski definition) is 2. The second-order valence-electron chi connectivity index (χ2n) is 6.87. The average molecular weight is 379 g/mol. The normalized spacial score (nSPS) is 10.7. The summed E-state index contributed by atoms with van der Waals surface area (Å²) in [5.74, 6) is 0. The molecule has 0 aliphatic heterocycles. The molecular formula is C21H25N5O2. The lowest BCUT2D eigenvalue weighted by Gasteiger charge is -2.11. The first-order valence-corrected chi connectivity index (χ1v) is 9.24. The fraction of sp³-hybridized carbons (Fsp3) is 0.238. The van der Waals surface area contributed by atoms with Crippen molar-refractivity contribution in [2.75, 3.05) is 5.32 Å². The van der Waals surface area contributed by atoms with Crippen molar-refractivity contribution in [3.8, 4) is 0 Å². The number of fused-ring (bicyclic) bond motifs is 1. The number of H-pyrrole nitrogens is 1. The maximum absolute atomic E-state index is 12.0. The Morgan fingerprint density at radius 2 is 1.64 bits per heavy atom. The van der Waals surface area contributed by atoms with Crippen LogP contribution in [0.4, 0.5) is 15.3 Å². The van der Waals surface area contributed by atoms with Crippen molar-refractivity contribution < 1.29 is 9.59 Å². The van der Waals surface area contributed by atoms with Gasteiger partial charge in [-0.2, -0.15) is 0 Å². The molecule has 0 saturated heterocycles. The molecule has 0 radical (unpaired) electrons. The van der Waals surface area contributed by atoms with E-state index in [1.807, 2.05) is 56.3 Å². The Hall–Kier alpha value is -3.48. The third kappa shape index (κ3) is 5.51. The van der Waals surface area contributed by atoms with E-state index in [1.54, 1.807) is 12.1 Å². The maximum atomic E-state index is 12.0. The van der Waals surface area contributed by atoms with Crippen LogP contribution >= 0.6 is 0 Å². The number of anilines is 1. The van der Waals surface area contributed by atoms with Gasteiger partial charge < -0.3 is 26.3 Å². The molecule has 7 nitrogen and oxygen atoms in total. The number of nitrogens with one attached hydrogen (secondary N) is 5. The van der Waals surface area contributed by atoms with Gasteiger partial charge in [0.05, 0.1) is 6.54 Å². The van der Waals surface area contributed by atoms with Gasteiger partial charge in [0.2, 0.25) is 0 Å². The molecule has 7 heteroatoms. The van der Waals surface area contributed by atoms with E-state index < -0.39 is 0 Å². The number of rotatable bonds is 6. The predicted octanol–water partition coefficient (Wildman–Crippen LogP) is 3.70. The van der Waals surface area contributed by atoms with Crippen molar-refractivity contribution in [2.45, 2.75) is 33.0 Å². The van der Waals surface area contributed by atoms with Gasteiger partial charge in [-0.15, -0.1) is 0 Å². The zero-order valence-electron chi connectivity index (χ0n) is 16.0. The molecule has 0 spiro atoms. The third-order valence-electron chi connectivity index (χ3n) is 4.11. The minimum atomic E-state index is -0.239. The van der Waals surface area contributed by atoms with Crippen LogP contribution in [0.5, 0.6) is 0 Å². The van der Waals surface area contributed by atoms with Crippen LogP contribution in [0.3, 0.4) is 0 Å². The van der Waals surface area contributed by atoms with Gasteiger partial charge in [-0.05, 0) is 49.1 Å². The molecule has 0 aliphatic rings. The van der Waals surface area contributed by atoms with Gasteiger partial charge in [0, 0.05) is 29.5 Å². The number of aromatic amines is 1. The molecule has 2 aromatic carbocycles. The molecule has 28 heavy (non-hydrogen) atoms. The van der Waals surface area contributed by atoms with Gasteiger partial charge in [0.25, 0.3) is 0 Å². The number of urea groups is 2. The highest BCUT2D eigenvalue weighted by Crippen LogP contribution is 2.14. The van der Waals surface area contributed by atoms with Crippen molar-refractivity contribution in [1.29, 1.82) is 0 Å². The topological polar surface area (TPSA) is 98.1 Å². The fourth-order valence-electron chi connectivity index (χ4n) is 2.78. The second kappa shape index (κ2) is 8.94. The summed E-state index contributed by atoms with van der Waals surface area (Å²) < 4.78 is 0. The number of carbonyl (C=O) groups is 2. The first-order valence-electron chi connectivity index (χ1n) is 9.24. The Morgan fingerprint density at radius 3 is 2.36 bits per heavy atom. The number of hydrogen-bond donors (Lipinski definition) is 5. The Kier molecular flexibility index (Phi) is 6.16. The highest BCUT2D eigenvalue weighted by Gasteiger charge is 2.05. The second-order valence-corrected chi connectivity index (χ2v) is 6.87. The van der Waals surface area contributed by atoms with Crippen LogP contribution in [0.1, 0.15) is 25.1 Å². The third-order valence-corrected chi connectivity index (χ3v) is 4.11. The zero-order valence-corrected chi connectivity index (χ0v) is 16.0. The molecule has 5 N–H and O–H groups in total. The highest BCUT2D eigenvalue weighted by atomic mass is 16.2. The number of amides is 4. The van der Waals surface area contributed by atoms with E-state index in [1.165, 1.54) is 0 Å². The summed E-state index contributed by atoms with van der Waals surface area (Å²) in [5, 5.41) is 12.3. The standard InChI is InChI=1S/C21H25N5O2/c1-14(2)24-21(28)26-17-9-7-15(8-10-17)12-22-20(27)23-13-18-11-16-5-3-4-6-19(16)25-18/h3-11,14,25H,12-13H2,1-2H3,(H2,22,23,27)(H2,24,26,28). The highest BCUT2D eigenvalue weighted by molar-refractivity contribution is 5.89. The zero-order chi connectivity index (χ0) is 19.9. The quantitative estimate of drug-likeness (QED) is 0.451. The lowest BCUT2D eigenvalue weighted by molar-refractivity contribution is 0.240. The first-order chi connectivity index (χ1) is 13.5. The molecule has 0 aliphatic carbocycles. The van der Waals surface area contributed by atoms with Crippen molar-refractivity contribution in [3.05, 3.63) is 65.9 Å². The van der Waals surface area contributed by atoms with E-state index in [2.05, 4.69) is 26.3 Å². The number of benzene rings is 2. The van der Waals surface area contributed by atoms with E-state index in [-0.39, 0.29) is 18.1 Å². The van der Waals surface area contributed by atoms with E-state index in [4.69, 9.17) is 0 Å². The minimum Gasteiger partial charge on any atom is -0.357 e. The number of carbonyl (C=O) groups excluding carboxylic acids is 2. The van der Waals surface area contributed by atoms with E-state index >= 15 is 0 Å². The molecular weight excluding hydrogens is 354 g/mol. The number of para-hydroxylation sites is 1. The molecule has 0 saturated carbocycles. The van der Waals surface area contributed by atoms with Crippen LogP contribution in [0.2, 0.25) is 0 Å². The summed E-state index contributed by atoms with van der Waals surface area (Å²) in [7, 11) is 0. The summed E-state index contributed by atoms with van der Waals surface area (Å²) in [6.45, 7) is 4.63. The molecule has 1 aromatic heterocycles. The SMILES string of the molecule is CC(C)NC(=O)Nc1ccc(CNC(=O)NCc2cc3ccccc3[nH]2)cc1. The Bertz CT molecular complexity index is 914. The van der Waals surface area contributed by atoms with Gasteiger partial charge >= 0.3 is 12.1 Å². The van der Waals surface area contributed by atoms with E-state index in [0.717, 1.165) is 22.2 Å². The van der Waals surface area contributed by atoms with Crippen LogP contribution in [-0.4, -0.2) is 23.1 Å². The maximum Gasteiger partial charge on any atom is 0.319 e. The summed E-state index contributed by atoms with van der Waals surface area (Å²) in [5.41, 5.74) is 3.64. The van der Waals surface area contributed by atoms with Gasteiger partial charge in [-0.3, -0.25) is 0 Å². The summed E-state index contributed by atoms with van der Waals surface area (Å²) in [4.78, 5) is 27.0. The lowest BCUT2D eigenvalue weighted by Crippen LogP contribution is -2.34. The Morgan fingerprint density at radius 1 is 0.929 bits per heavy atom. The molecule has 4 amide bonds. The molecule has 0 unspecified atom stereocenters. The smallest absolute Gasteiger partial charge is 0.319 e. The van der Waals surface area contributed by atoms with Crippen molar-refractivity contribution >= 4 is 28.7 Å². The van der Waals surface area contributed by atoms with Crippen LogP contribution < -0.4 is 21.3 Å². The van der Waals surface area contributed by atoms with Crippen LogP contribution in [0, 0.1) is 0 Å². The molecule has 0 atom stereocenters. The van der Waals surface area contributed by atoms with Crippen LogP contribution in [0.25, 0.3) is 10.9 Å². The summed E-state index contributed by atoms with van der Waals surface area (Å²) >= 11 is 0. The van der Waals surface area contributed by atoms with Crippen LogP contribution in [-0.2, 0) is 13.1 Å². The Labute approximate surface area is 163 Å². The van der Waals surface area contributed by atoms with Gasteiger partial charge in [0.1, 0.15) is 0 Å². The largest absolute Gasteiger partial charge is 0.357 e. The first kappa shape index (κ1) is 19.3. The molecule has 0 fully saturated rings. The molecule has 1 heterocycles. The van der Waals surface area contributed by atoms with Crippen molar-refractivity contribution in [3.63, 3.8) is 0 Å². The lowest BCUT2D eigenvalue weighted by atomic mass is 10.2. The summed E-state index contributed by atoms with van der Waals surface area (Å²) in [6, 6.07) is 16.9. The average Bonchev–Trinajstić information content (AvgIpc) is 3.08. The monoisotopic (exact) mass is 379 g/mol. The van der Waals surface area contributed by atoms with Gasteiger partial charge in [-0.1, -0.05) is 30.3 Å². The predicted molar refractivity (Wildman–Crippen MR) is 111 cm³/mol. The minimum absolute atomic E-state index is 0.0753. The molecule has 3 rings (SSSR count). The molecule has 146 valence electrons. The van der Waals surface area contributed by atoms with Crippen molar-refractivity contribution in [1.82, 2.24) is 20.9 Å². The van der Waals surface area contributed by atoms with Crippen molar-refractivity contribution in [2.24, 2.45) is 0 Å². The molecule has 3 aromatic rings. The summed E-state index contributed by atoms with van der Waals surface area (Å²) in [6.07, 6.45) is 0.